The van der Waals surface area contributed by atoms with Crippen molar-refractivity contribution >= 4 is 34.1 Å². The average molecular weight is 244 g/mol. The lowest BCUT2D eigenvalue weighted by molar-refractivity contribution is -0.384. The number of halogens is 1. The lowest BCUT2D eigenvalue weighted by atomic mass is 10.3. The number of hydrazone groups is 1. The van der Waals surface area contributed by atoms with Gasteiger partial charge in [-0.25, -0.2) is 4.79 Å². The number of carboxylic acids is 1. The molecular formula is C8H6ClN3O4. The van der Waals surface area contributed by atoms with Crippen molar-refractivity contribution in [3.05, 3.63) is 34.4 Å². The summed E-state index contributed by atoms with van der Waals surface area (Å²) in [5.74, 6) is -1.42. The van der Waals surface area contributed by atoms with E-state index in [9.17, 15) is 14.9 Å². The summed E-state index contributed by atoms with van der Waals surface area (Å²) in [5, 5.41) is 21.5. The number of nitro groups is 1. The molecule has 0 unspecified atom stereocenters. The molecule has 1 aromatic carbocycles. The van der Waals surface area contributed by atoms with Gasteiger partial charge in [0.25, 0.3) is 5.69 Å². The van der Waals surface area contributed by atoms with Crippen molar-refractivity contribution in [2.75, 3.05) is 5.43 Å². The minimum atomic E-state index is -1.42. The number of nitrogens with one attached hydrogen (secondary N) is 1. The normalized spacial score (nSPS) is 10.9. The van der Waals surface area contributed by atoms with Gasteiger partial charge in [-0.05, 0) is 6.07 Å². The zero-order chi connectivity index (χ0) is 12.1. The van der Waals surface area contributed by atoms with Gasteiger partial charge in [-0.3, -0.25) is 15.5 Å². The molecule has 0 saturated carbocycles. The van der Waals surface area contributed by atoms with Crippen molar-refractivity contribution in [1.29, 1.82) is 0 Å². The first-order valence-corrected chi connectivity index (χ1v) is 4.36. The molecule has 1 rings (SSSR count). The summed E-state index contributed by atoms with van der Waals surface area (Å²) in [7, 11) is 0. The van der Waals surface area contributed by atoms with Crippen LogP contribution in [0.15, 0.2) is 29.4 Å². The number of benzene rings is 1. The number of hydrogen-bond acceptors (Lipinski definition) is 5. The van der Waals surface area contributed by atoms with Gasteiger partial charge in [0.1, 0.15) is 5.69 Å². The number of aliphatic carboxylic acids is 1. The molecule has 7 nitrogen and oxygen atoms in total. The molecule has 0 aliphatic rings. The second kappa shape index (κ2) is 5.08. The third kappa shape index (κ3) is 2.92. The highest BCUT2D eigenvalue weighted by Gasteiger charge is 2.12. The number of carbonyl (C=O) groups is 1. The van der Waals surface area contributed by atoms with Crippen molar-refractivity contribution in [2.45, 2.75) is 0 Å². The third-order valence-electron chi connectivity index (χ3n) is 1.55. The fraction of sp³-hybridized carbons (Fsp3) is 0. The Morgan fingerprint density at radius 2 is 2.12 bits per heavy atom. The van der Waals surface area contributed by atoms with Crippen molar-refractivity contribution in [3.8, 4) is 0 Å². The maximum Gasteiger partial charge on any atom is 0.368 e. The predicted octanol–water partition coefficient (Wildman–Crippen LogP) is 1.64. The number of nitro benzene ring substituents is 1. The van der Waals surface area contributed by atoms with Gasteiger partial charge in [0.2, 0.25) is 5.17 Å². The Morgan fingerprint density at radius 3 is 2.69 bits per heavy atom. The van der Waals surface area contributed by atoms with Crippen molar-refractivity contribution in [1.82, 2.24) is 0 Å². The Labute approximate surface area is 94.5 Å². The lowest BCUT2D eigenvalue weighted by Gasteiger charge is -2.00. The highest BCUT2D eigenvalue weighted by molar-refractivity contribution is 6.81. The van der Waals surface area contributed by atoms with Crippen LogP contribution in [0.1, 0.15) is 0 Å². The highest BCUT2D eigenvalue weighted by Crippen LogP contribution is 2.22. The molecule has 0 bridgehead atoms. The molecule has 0 heterocycles. The fourth-order valence-electron chi connectivity index (χ4n) is 0.885. The summed E-state index contributed by atoms with van der Waals surface area (Å²) < 4.78 is 0. The van der Waals surface area contributed by atoms with Gasteiger partial charge in [-0.1, -0.05) is 23.7 Å². The second-order valence-electron chi connectivity index (χ2n) is 2.59. The molecule has 0 amide bonds. The summed E-state index contributed by atoms with van der Waals surface area (Å²) in [5.41, 5.74) is 2.05. The molecule has 8 heteroatoms. The number of para-hydroxylation sites is 2. The molecule has 0 spiro atoms. The van der Waals surface area contributed by atoms with Crippen molar-refractivity contribution in [3.63, 3.8) is 0 Å². The van der Waals surface area contributed by atoms with Crippen LogP contribution in [0.3, 0.4) is 0 Å². The first-order chi connectivity index (χ1) is 7.52. The molecule has 0 fully saturated rings. The number of rotatable bonds is 4. The van der Waals surface area contributed by atoms with E-state index >= 15 is 0 Å². The number of carboxylic acid groups (broad SMARTS) is 1. The SMILES string of the molecule is O=C(O)C(Cl)=NNc1ccccc1[N+](=O)[O-]. The topological polar surface area (TPSA) is 105 Å². The molecule has 0 radical (unpaired) electrons. The summed E-state index contributed by atoms with van der Waals surface area (Å²) in [4.78, 5) is 20.3. The molecule has 0 aromatic heterocycles. The summed E-state index contributed by atoms with van der Waals surface area (Å²) in [6.07, 6.45) is 0. The molecule has 0 aliphatic heterocycles. The van der Waals surface area contributed by atoms with Crippen LogP contribution in [0.25, 0.3) is 0 Å². The lowest BCUT2D eigenvalue weighted by Crippen LogP contribution is -2.08. The van der Waals surface area contributed by atoms with E-state index in [1.165, 1.54) is 18.2 Å². The van der Waals surface area contributed by atoms with Gasteiger partial charge in [0, 0.05) is 6.07 Å². The van der Waals surface area contributed by atoms with Gasteiger partial charge >= 0.3 is 5.97 Å². The van der Waals surface area contributed by atoms with Gasteiger partial charge in [0.15, 0.2) is 0 Å². The Kier molecular flexibility index (Phi) is 3.78. The van der Waals surface area contributed by atoms with Crippen LogP contribution in [0.5, 0.6) is 0 Å². The maximum absolute atomic E-state index is 10.6. The minimum absolute atomic E-state index is 0.0619. The first kappa shape index (κ1) is 11.9. The molecule has 0 saturated heterocycles. The Morgan fingerprint density at radius 1 is 1.50 bits per heavy atom. The number of nitrogens with zero attached hydrogens (tertiary/aromatic N) is 2. The standard InChI is InChI=1S/C8H6ClN3O4/c9-7(8(13)14)11-10-5-3-1-2-4-6(5)12(15)16/h1-4,10H,(H,13,14). The highest BCUT2D eigenvalue weighted by atomic mass is 35.5. The quantitative estimate of drug-likeness (QED) is 0.475. The minimum Gasteiger partial charge on any atom is -0.476 e. The molecule has 1 aromatic rings. The number of hydrogen-bond donors (Lipinski definition) is 2. The largest absolute Gasteiger partial charge is 0.476 e. The van der Waals surface area contributed by atoms with E-state index in [0.717, 1.165) is 0 Å². The molecule has 84 valence electrons. The molecular weight excluding hydrogens is 238 g/mol. The maximum atomic E-state index is 10.6. The fourth-order valence-corrected chi connectivity index (χ4v) is 0.927. The van der Waals surface area contributed by atoms with E-state index in [1.54, 1.807) is 6.07 Å². The van der Waals surface area contributed by atoms with Gasteiger partial charge < -0.3 is 5.11 Å². The van der Waals surface area contributed by atoms with Gasteiger partial charge in [-0.15, -0.1) is 0 Å². The number of anilines is 1. The van der Waals surface area contributed by atoms with E-state index in [-0.39, 0.29) is 11.4 Å². The van der Waals surface area contributed by atoms with Crippen LogP contribution in [-0.2, 0) is 4.79 Å². The summed E-state index contributed by atoms with van der Waals surface area (Å²) in [6.45, 7) is 0. The van der Waals surface area contributed by atoms with E-state index in [2.05, 4.69) is 10.5 Å². The summed E-state index contributed by atoms with van der Waals surface area (Å²) in [6, 6.07) is 5.66. The van der Waals surface area contributed by atoms with Gasteiger partial charge in [-0.2, -0.15) is 5.10 Å². The second-order valence-corrected chi connectivity index (χ2v) is 2.95. The first-order valence-electron chi connectivity index (χ1n) is 3.98. The zero-order valence-corrected chi connectivity index (χ0v) is 8.51. The smallest absolute Gasteiger partial charge is 0.368 e. The molecule has 0 atom stereocenters. The van der Waals surface area contributed by atoms with E-state index in [1.807, 2.05) is 0 Å². The third-order valence-corrected chi connectivity index (χ3v) is 1.80. The Hall–Kier alpha value is -2.15. The van der Waals surface area contributed by atoms with Crippen LogP contribution >= 0.6 is 11.6 Å². The van der Waals surface area contributed by atoms with Crippen molar-refractivity contribution < 1.29 is 14.8 Å². The van der Waals surface area contributed by atoms with E-state index in [0.29, 0.717) is 0 Å². The van der Waals surface area contributed by atoms with Crippen LogP contribution in [0.2, 0.25) is 0 Å². The van der Waals surface area contributed by atoms with E-state index in [4.69, 9.17) is 16.7 Å². The molecule has 16 heavy (non-hydrogen) atoms. The summed E-state index contributed by atoms with van der Waals surface area (Å²) >= 11 is 5.22. The van der Waals surface area contributed by atoms with Gasteiger partial charge in [0.05, 0.1) is 4.92 Å². The average Bonchev–Trinajstić information content (AvgIpc) is 2.25. The van der Waals surface area contributed by atoms with E-state index < -0.39 is 16.1 Å². The zero-order valence-electron chi connectivity index (χ0n) is 7.75. The van der Waals surface area contributed by atoms with Crippen molar-refractivity contribution in [2.24, 2.45) is 5.10 Å². The van der Waals surface area contributed by atoms with Crippen LogP contribution in [0.4, 0.5) is 11.4 Å². The predicted molar refractivity (Wildman–Crippen MR) is 57.6 cm³/mol. The van der Waals surface area contributed by atoms with Crippen LogP contribution in [-0.4, -0.2) is 21.2 Å². The van der Waals surface area contributed by atoms with Crippen LogP contribution in [0, 0.1) is 10.1 Å². The monoisotopic (exact) mass is 243 g/mol. The van der Waals surface area contributed by atoms with Crippen LogP contribution < -0.4 is 5.43 Å². The Bertz CT molecular complexity index is 460. The molecule has 2 N–H and O–H groups in total. The molecule has 0 aliphatic carbocycles. The Balaban J connectivity index is 2.94.